The normalized spacial score (nSPS) is 13.8. The maximum atomic E-state index is 10.2. The van der Waals surface area contributed by atoms with Gasteiger partial charge in [-0.05, 0) is 7.05 Å². The molecule has 0 saturated heterocycles. The molecule has 0 fully saturated rings. The quantitative estimate of drug-likeness (QED) is 0.523. The summed E-state index contributed by atoms with van der Waals surface area (Å²) < 4.78 is 0. The molecule has 1 heterocycles. The lowest BCUT2D eigenvalue weighted by atomic mass is 10.5. The summed E-state index contributed by atoms with van der Waals surface area (Å²) >= 11 is 0. The number of aliphatic imine (C=N–C) groups is 1. The molecule has 0 saturated carbocycles. The average molecular weight is 157 g/mol. The van der Waals surface area contributed by atoms with Crippen LogP contribution < -0.4 is 5.73 Å². The third-order valence-electron chi connectivity index (χ3n) is 0.962. The molecule has 1 aliphatic heterocycles. The van der Waals surface area contributed by atoms with Gasteiger partial charge in [0.05, 0.1) is 6.54 Å². The van der Waals surface area contributed by atoms with Crippen LogP contribution in [0.5, 0.6) is 0 Å². The van der Waals surface area contributed by atoms with Gasteiger partial charge in [0.2, 0.25) is 0 Å². The van der Waals surface area contributed by atoms with Gasteiger partial charge < -0.3 is 10.8 Å². The highest BCUT2D eigenvalue weighted by Gasteiger charge is 2.06. The second kappa shape index (κ2) is 5.43. The lowest BCUT2D eigenvalue weighted by Crippen LogP contribution is -2.26. The minimum atomic E-state index is -0.947. The number of nitrogens with two attached hydrogens (primary N) is 1. The molecular weight excluding hydrogens is 146 g/mol. The van der Waals surface area contributed by atoms with Crippen LogP contribution in [0, 0.1) is 0 Å². The SMILES string of the molecule is CN.O=C(O)N1C=CN=CC1. The molecule has 0 bridgehead atoms. The second-order valence-corrected chi connectivity index (χ2v) is 1.56. The van der Waals surface area contributed by atoms with E-state index in [1.54, 1.807) is 0 Å². The number of rotatable bonds is 0. The van der Waals surface area contributed by atoms with Crippen molar-refractivity contribution in [3.8, 4) is 0 Å². The number of hydrogen-bond acceptors (Lipinski definition) is 3. The first kappa shape index (κ1) is 9.64. The Bertz CT molecular complexity index is 177. The van der Waals surface area contributed by atoms with E-state index in [2.05, 4.69) is 10.7 Å². The van der Waals surface area contributed by atoms with Crippen molar-refractivity contribution in [1.29, 1.82) is 0 Å². The summed E-state index contributed by atoms with van der Waals surface area (Å²) in [4.78, 5) is 15.0. The molecule has 3 N–H and O–H groups in total. The van der Waals surface area contributed by atoms with Crippen molar-refractivity contribution >= 4 is 12.3 Å². The Morgan fingerprint density at radius 3 is 2.64 bits per heavy atom. The third-order valence-corrected chi connectivity index (χ3v) is 0.962. The van der Waals surface area contributed by atoms with Gasteiger partial charge in [-0.1, -0.05) is 0 Å². The van der Waals surface area contributed by atoms with Crippen LogP contribution in [-0.4, -0.2) is 35.9 Å². The molecule has 0 spiro atoms. The van der Waals surface area contributed by atoms with E-state index in [-0.39, 0.29) is 0 Å². The predicted molar refractivity (Wildman–Crippen MR) is 42.5 cm³/mol. The average Bonchev–Trinajstić information content (AvgIpc) is 2.10. The molecule has 0 aromatic carbocycles. The molecule has 5 heteroatoms. The van der Waals surface area contributed by atoms with E-state index in [0.717, 1.165) is 4.90 Å². The van der Waals surface area contributed by atoms with Crippen LogP contribution in [0.4, 0.5) is 4.79 Å². The predicted octanol–water partition coefficient (Wildman–Crippen LogP) is 0.0969. The number of carboxylic acid groups (broad SMARTS) is 1. The molecule has 62 valence electrons. The van der Waals surface area contributed by atoms with Crippen molar-refractivity contribution < 1.29 is 9.90 Å². The summed E-state index contributed by atoms with van der Waals surface area (Å²) in [5.41, 5.74) is 4.50. The lowest BCUT2D eigenvalue weighted by molar-refractivity contribution is 0.167. The molecule has 1 amide bonds. The van der Waals surface area contributed by atoms with Crippen molar-refractivity contribution in [2.75, 3.05) is 13.6 Å². The Kier molecular flexibility index (Phi) is 4.76. The molecule has 1 aliphatic rings. The van der Waals surface area contributed by atoms with Crippen LogP contribution in [0.25, 0.3) is 0 Å². The van der Waals surface area contributed by atoms with E-state index in [0.29, 0.717) is 6.54 Å². The summed E-state index contributed by atoms with van der Waals surface area (Å²) in [5, 5.41) is 8.35. The largest absolute Gasteiger partial charge is 0.465 e. The molecule has 0 aromatic heterocycles. The van der Waals surface area contributed by atoms with Crippen LogP contribution in [0.2, 0.25) is 0 Å². The van der Waals surface area contributed by atoms with Gasteiger partial charge in [-0.25, -0.2) is 4.79 Å². The first-order valence-electron chi connectivity index (χ1n) is 3.06. The lowest BCUT2D eigenvalue weighted by Gasteiger charge is -2.11. The highest BCUT2D eigenvalue weighted by molar-refractivity contribution is 5.73. The first-order valence-corrected chi connectivity index (χ1v) is 3.06. The van der Waals surface area contributed by atoms with E-state index in [4.69, 9.17) is 5.11 Å². The summed E-state index contributed by atoms with van der Waals surface area (Å²) in [6.07, 6.45) is 3.45. The van der Waals surface area contributed by atoms with E-state index < -0.39 is 6.09 Å². The van der Waals surface area contributed by atoms with Gasteiger partial charge in [0.25, 0.3) is 0 Å². The zero-order valence-corrected chi connectivity index (χ0v) is 6.27. The van der Waals surface area contributed by atoms with Gasteiger partial charge in [-0.3, -0.25) is 9.89 Å². The summed E-state index contributed by atoms with van der Waals surface area (Å²) in [7, 11) is 1.50. The second-order valence-electron chi connectivity index (χ2n) is 1.56. The van der Waals surface area contributed by atoms with Gasteiger partial charge >= 0.3 is 6.09 Å². The van der Waals surface area contributed by atoms with Crippen LogP contribution in [-0.2, 0) is 0 Å². The molecule has 0 atom stereocenters. The van der Waals surface area contributed by atoms with E-state index in [1.165, 1.54) is 25.7 Å². The smallest absolute Gasteiger partial charge is 0.411 e. The van der Waals surface area contributed by atoms with Gasteiger partial charge in [0.1, 0.15) is 0 Å². The topological polar surface area (TPSA) is 78.9 Å². The minimum Gasteiger partial charge on any atom is -0.465 e. The maximum Gasteiger partial charge on any atom is 0.411 e. The fraction of sp³-hybridized carbons (Fsp3) is 0.333. The zero-order chi connectivity index (χ0) is 8.69. The van der Waals surface area contributed by atoms with Crippen LogP contribution in [0.3, 0.4) is 0 Å². The van der Waals surface area contributed by atoms with Gasteiger partial charge in [-0.2, -0.15) is 0 Å². The van der Waals surface area contributed by atoms with Gasteiger partial charge in [-0.15, -0.1) is 0 Å². The van der Waals surface area contributed by atoms with Crippen molar-refractivity contribution in [3.05, 3.63) is 12.4 Å². The summed E-state index contributed by atoms with van der Waals surface area (Å²) in [6, 6.07) is 0. The van der Waals surface area contributed by atoms with Crippen molar-refractivity contribution in [2.24, 2.45) is 10.7 Å². The number of nitrogens with zero attached hydrogens (tertiary/aromatic N) is 2. The van der Waals surface area contributed by atoms with Crippen molar-refractivity contribution in [2.45, 2.75) is 0 Å². The Hall–Kier alpha value is -1.36. The standard InChI is InChI=1S/C5H6N2O2.CH5N/c8-5(9)7-3-1-6-2-4-7;1-2/h1-3H,4H2,(H,8,9);2H2,1H3. The van der Waals surface area contributed by atoms with Crippen LogP contribution in [0.15, 0.2) is 17.4 Å². The number of amides is 1. The Morgan fingerprint density at radius 2 is 2.36 bits per heavy atom. The van der Waals surface area contributed by atoms with Crippen molar-refractivity contribution in [3.63, 3.8) is 0 Å². The molecule has 11 heavy (non-hydrogen) atoms. The Labute approximate surface area is 64.8 Å². The monoisotopic (exact) mass is 157 g/mol. The zero-order valence-electron chi connectivity index (χ0n) is 6.27. The van der Waals surface area contributed by atoms with E-state index in [1.807, 2.05) is 0 Å². The third kappa shape index (κ3) is 3.36. The fourth-order valence-electron chi connectivity index (χ4n) is 0.518. The molecule has 0 aliphatic carbocycles. The summed E-state index contributed by atoms with van der Waals surface area (Å²) in [5.74, 6) is 0. The number of carbonyl (C=O) groups is 1. The molecule has 1 rings (SSSR count). The minimum absolute atomic E-state index is 0.353. The van der Waals surface area contributed by atoms with E-state index >= 15 is 0 Å². The van der Waals surface area contributed by atoms with Crippen molar-refractivity contribution in [1.82, 2.24) is 4.90 Å². The molecular formula is C6H11N3O2. The van der Waals surface area contributed by atoms with E-state index in [9.17, 15) is 4.79 Å². The Balaban J connectivity index is 0.000000461. The molecule has 5 nitrogen and oxygen atoms in total. The summed E-state index contributed by atoms with van der Waals surface area (Å²) in [6.45, 7) is 0.353. The molecule has 0 unspecified atom stereocenters. The maximum absolute atomic E-state index is 10.2. The highest BCUT2D eigenvalue weighted by Crippen LogP contribution is 1.93. The molecule has 0 radical (unpaired) electrons. The first-order chi connectivity index (χ1) is 5.30. The van der Waals surface area contributed by atoms with Gasteiger partial charge in [0.15, 0.2) is 0 Å². The Morgan fingerprint density at radius 1 is 1.73 bits per heavy atom. The fourth-order valence-corrected chi connectivity index (χ4v) is 0.518. The molecule has 0 aromatic rings. The highest BCUT2D eigenvalue weighted by atomic mass is 16.4. The van der Waals surface area contributed by atoms with Gasteiger partial charge in [0, 0.05) is 18.6 Å². The number of hydrogen-bond donors (Lipinski definition) is 2. The van der Waals surface area contributed by atoms with Crippen LogP contribution in [0.1, 0.15) is 0 Å². The van der Waals surface area contributed by atoms with Crippen LogP contribution >= 0.6 is 0 Å².